The fraction of sp³-hybridized carbons (Fsp3) is 0.158. The van der Waals surface area contributed by atoms with Crippen molar-refractivity contribution in [2.24, 2.45) is 0 Å². The lowest BCUT2D eigenvalue weighted by Gasteiger charge is -2.14. The number of hydrogen-bond donors (Lipinski definition) is 0. The zero-order chi connectivity index (χ0) is 20.7. The Morgan fingerprint density at radius 2 is 1.50 bits per heavy atom. The smallest absolute Gasteiger partial charge is 0.416 e. The quantitative estimate of drug-likeness (QED) is 0.311. The molecule has 0 aliphatic rings. The Bertz CT molecular complexity index is 1020. The van der Waals surface area contributed by atoms with Gasteiger partial charge in [0.2, 0.25) is 0 Å². The Morgan fingerprint density at radius 3 is 2.07 bits per heavy atom. The minimum Gasteiger partial charge on any atom is -0.421 e. The van der Waals surface area contributed by atoms with E-state index in [0.29, 0.717) is 23.2 Å². The lowest BCUT2D eigenvalue weighted by atomic mass is 10.0. The molecule has 28 heavy (non-hydrogen) atoms. The largest absolute Gasteiger partial charge is 0.421 e. The van der Waals surface area contributed by atoms with Gasteiger partial charge in [0.05, 0.1) is 16.7 Å². The van der Waals surface area contributed by atoms with E-state index in [0.717, 1.165) is 0 Å². The molecule has 2 aromatic carbocycles. The fourth-order valence-electron chi connectivity index (χ4n) is 2.53. The number of fused-ring (bicyclic) bond motifs is 1. The summed E-state index contributed by atoms with van der Waals surface area (Å²) in [6, 6.07) is 8.53. The minimum absolute atomic E-state index is 0.0559. The van der Waals surface area contributed by atoms with Crippen LogP contribution in [0.2, 0.25) is 0 Å². The van der Waals surface area contributed by atoms with Crippen LogP contribution in [0.25, 0.3) is 10.9 Å². The number of aryl methyl sites for hydroxylation is 1. The van der Waals surface area contributed by atoms with Crippen LogP contribution in [-0.4, -0.2) is 11.0 Å². The standard InChI is InChI=1S/C19H11F6NO2/c1-10-5-6-11-3-2-4-15(16(11)26-10)28-17(27)12-7-13(18(20,21)22)9-14(8-12)19(23,24)25/h2-9H,1H3. The maximum absolute atomic E-state index is 12.9. The fourth-order valence-corrected chi connectivity index (χ4v) is 2.53. The third-order valence-corrected chi connectivity index (χ3v) is 3.85. The summed E-state index contributed by atoms with van der Waals surface area (Å²) >= 11 is 0. The molecule has 3 aromatic rings. The van der Waals surface area contributed by atoms with Crippen molar-refractivity contribution in [1.29, 1.82) is 0 Å². The van der Waals surface area contributed by atoms with Crippen molar-refractivity contribution < 1.29 is 35.9 Å². The minimum atomic E-state index is -5.06. The summed E-state index contributed by atoms with van der Waals surface area (Å²) < 4.78 is 82.8. The van der Waals surface area contributed by atoms with Gasteiger partial charge in [0, 0.05) is 11.1 Å². The molecule has 0 radical (unpaired) electrons. The van der Waals surface area contributed by atoms with Crippen molar-refractivity contribution in [3.63, 3.8) is 0 Å². The normalized spacial score (nSPS) is 12.2. The van der Waals surface area contributed by atoms with E-state index in [-0.39, 0.29) is 17.3 Å². The summed E-state index contributed by atoms with van der Waals surface area (Å²) in [5.41, 5.74) is -3.21. The molecule has 0 spiro atoms. The maximum Gasteiger partial charge on any atom is 0.416 e. The van der Waals surface area contributed by atoms with Gasteiger partial charge in [-0.3, -0.25) is 0 Å². The SMILES string of the molecule is Cc1ccc2cccc(OC(=O)c3cc(C(F)(F)F)cc(C(F)(F)F)c3)c2n1. The monoisotopic (exact) mass is 399 g/mol. The summed E-state index contributed by atoms with van der Waals surface area (Å²) in [4.78, 5) is 16.5. The molecule has 0 amide bonds. The van der Waals surface area contributed by atoms with Gasteiger partial charge in [-0.2, -0.15) is 26.3 Å². The number of alkyl halides is 6. The van der Waals surface area contributed by atoms with Gasteiger partial charge < -0.3 is 4.74 Å². The molecule has 0 saturated heterocycles. The summed E-state index contributed by atoms with van der Waals surface area (Å²) in [6.45, 7) is 1.68. The number of nitrogens with zero attached hydrogens (tertiary/aromatic N) is 1. The van der Waals surface area contributed by atoms with Crippen molar-refractivity contribution >= 4 is 16.9 Å². The van der Waals surface area contributed by atoms with E-state index < -0.39 is 35.0 Å². The number of para-hydroxylation sites is 1. The first-order valence-electron chi connectivity index (χ1n) is 7.83. The van der Waals surface area contributed by atoms with Gasteiger partial charge >= 0.3 is 18.3 Å². The highest BCUT2D eigenvalue weighted by atomic mass is 19.4. The lowest BCUT2D eigenvalue weighted by Crippen LogP contribution is -2.16. The van der Waals surface area contributed by atoms with Gasteiger partial charge in [0.25, 0.3) is 0 Å². The maximum atomic E-state index is 12.9. The first kappa shape index (κ1) is 19.7. The van der Waals surface area contributed by atoms with Crippen LogP contribution in [0.3, 0.4) is 0 Å². The highest BCUT2D eigenvalue weighted by Gasteiger charge is 2.37. The molecule has 3 nitrogen and oxygen atoms in total. The average Bonchev–Trinajstić information content (AvgIpc) is 2.60. The highest BCUT2D eigenvalue weighted by Crippen LogP contribution is 2.36. The third-order valence-electron chi connectivity index (χ3n) is 3.85. The number of ether oxygens (including phenoxy) is 1. The van der Waals surface area contributed by atoms with Gasteiger partial charge in [0.1, 0.15) is 5.52 Å². The van der Waals surface area contributed by atoms with E-state index in [4.69, 9.17) is 4.74 Å². The van der Waals surface area contributed by atoms with Crippen molar-refractivity contribution in [3.8, 4) is 5.75 Å². The Kier molecular flexibility index (Phi) is 4.78. The van der Waals surface area contributed by atoms with E-state index in [9.17, 15) is 31.1 Å². The van der Waals surface area contributed by atoms with Crippen LogP contribution in [0.5, 0.6) is 5.75 Å². The van der Waals surface area contributed by atoms with Crippen LogP contribution in [0.1, 0.15) is 27.2 Å². The second-order valence-electron chi connectivity index (χ2n) is 5.96. The second kappa shape index (κ2) is 6.81. The predicted octanol–water partition coefficient (Wildman–Crippen LogP) is 5.80. The van der Waals surface area contributed by atoms with Crippen LogP contribution >= 0.6 is 0 Å². The highest BCUT2D eigenvalue weighted by molar-refractivity contribution is 5.94. The first-order chi connectivity index (χ1) is 12.9. The molecule has 0 saturated carbocycles. The third kappa shape index (κ3) is 4.08. The molecule has 0 fully saturated rings. The van der Waals surface area contributed by atoms with E-state index in [1.165, 1.54) is 12.1 Å². The number of aromatic nitrogens is 1. The predicted molar refractivity (Wildman–Crippen MR) is 87.9 cm³/mol. The van der Waals surface area contributed by atoms with E-state index >= 15 is 0 Å². The summed E-state index contributed by atoms with van der Waals surface area (Å²) in [6.07, 6.45) is -10.1. The van der Waals surface area contributed by atoms with Crippen LogP contribution in [0.4, 0.5) is 26.3 Å². The van der Waals surface area contributed by atoms with Crippen molar-refractivity contribution in [1.82, 2.24) is 4.98 Å². The summed E-state index contributed by atoms with van der Waals surface area (Å²) in [7, 11) is 0. The van der Waals surface area contributed by atoms with Crippen molar-refractivity contribution in [3.05, 3.63) is 70.9 Å². The number of carbonyl (C=O) groups excluding carboxylic acids is 1. The molecule has 1 heterocycles. The lowest BCUT2D eigenvalue weighted by molar-refractivity contribution is -0.143. The topological polar surface area (TPSA) is 39.2 Å². The number of esters is 1. The molecular weight excluding hydrogens is 388 g/mol. The molecule has 1 aromatic heterocycles. The molecule has 0 N–H and O–H groups in total. The van der Waals surface area contributed by atoms with Crippen LogP contribution in [0.15, 0.2) is 48.5 Å². The number of pyridine rings is 1. The first-order valence-corrected chi connectivity index (χ1v) is 7.83. The summed E-state index contributed by atoms with van der Waals surface area (Å²) in [5.74, 6) is -1.43. The van der Waals surface area contributed by atoms with Gasteiger partial charge in [-0.25, -0.2) is 9.78 Å². The Hall–Kier alpha value is -3.10. The molecule has 0 aliphatic carbocycles. The van der Waals surface area contributed by atoms with Gasteiger partial charge in [-0.05, 0) is 37.3 Å². The van der Waals surface area contributed by atoms with Crippen molar-refractivity contribution in [2.45, 2.75) is 19.3 Å². The zero-order valence-electron chi connectivity index (χ0n) is 14.2. The van der Waals surface area contributed by atoms with E-state index in [2.05, 4.69) is 4.98 Å². The number of hydrogen-bond acceptors (Lipinski definition) is 3. The Balaban J connectivity index is 2.05. The molecular formula is C19H11F6NO2. The number of rotatable bonds is 2. The molecule has 0 aliphatic heterocycles. The second-order valence-corrected chi connectivity index (χ2v) is 5.96. The zero-order valence-corrected chi connectivity index (χ0v) is 14.2. The molecule has 0 unspecified atom stereocenters. The van der Waals surface area contributed by atoms with Crippen LogP contribution in [-0.2, 0) is 12.4 Å². The van der Waals surface area contributed by atoms with Crippen molar-refractivity contribution in [2.75, 3.05) is 0 Å². The Morgan fingerprint density at radius 1 is 0.893 bits per heavy atom. The summed E-state index contributed by atoms with van der Waals surface area (Å²) in [5, 5.41) is 0.593. The molecule has 9 heteroatoms. The Labute approximate surface area is 154 Å². The van der Waals surface area contributed by atoms with Gasteiger partial charge in [0.15, 0.2) is 5.75 Å². The van der Waals surface area contributed by atoms with E-state index in [1.807, 2.05) is 0 Å². The van der Waals surface area contributed by atoms with Crippen LogP contribution < -0.4 is 4.74 Å². The van der Waals surface area contributed by atoms with Gasteiger partial charge in [-0.1, -0.05) is 18.2 Å². The van der Waals surface area contributed by atoms with E-state index in [1.54, 1.807) is 25.1 Å². The number of benzene rings is 2. The van der Waals surface area contributed by atoms with Gasteiger partial charge in [-0.15, -0.1) is 0 Å². The average molecular weight is 399 g/mol. The molecule has 146 valence electrons. The van der Waals surface area contributed by atoms with Crippen LogP contribution in [0, 0.1) is 6.92 Å². The molecule has 3 rings (SSSR count). The number of halogens is 6. The number of carbonyl (C=O) groups is 1. The molecule has 0 bridgehead atoms. The molecule has 0 atom stereocenters.